The summed E-state index contributed by atoms with van der Waals surface area (Å²) in [4.78, 5) is 9.02. The summed E-state index contributed by atoms with van der Waals surface area (Å²) in [5.41, 5.74) is 4.65. The van der Waals surface area contributed by atoms with E-state index in [-0.39, 0.29) is 6.04 Å². The van der Waals surface area contributed by atoms with Crippen molar-refractivity contribution in [3.8, 4) is 11.6 Å². The van der Waals surface area contributed by atoms with Crippen molar-refractivity contribution >= 4 is 28.6 Å². The smallest absolute Gasteiger partial charge is 0.219 e. The van der Waals surface area contributed by atoms with Crippen molar-refractivity contribution in [2.45, 2.75) is 25.8 Å². The number of imidazole rings is 1. The van der Waals surface area contributed by atoms with Crippen molar-refractivity contribution in [1.29, 1.82) is 0 Å². The van der Waals surface area contributed by atoms with Gasteiger partial charge in [0.05, 0.1) is 35.3 Å². The summed E-state index contributed by atoms with van der Waals surface area (Å²) in [5.74, 6) is 2.75. The number of pyridine rings is 1. The topological polar surface area (TPSA) is 61.2 Å². The van der Waals surface area contributed by atoms with Gasteiger partial charge >= 0.3 is 0 Å². The molecule has 2 aromatic carbocycles. The van der Waals surface area contributed by atoms with Crippen LogP contribution in [-0.4, -0.2) is 27.7 Å². The molecule has 0 spiro atoms. The molecule has 0 bridgehead atoms. The summed E-state index contributed by atoms with van der Waals surface area (Å²) in [7, 11) is 2.07. The van der Waals surface area contributed by atoms with Gasteiger partial charge in [0, 0.05) is 25.2 Å². The summed E-state index contributed by atoms with van der Waals surface area (Å²) in [6, 6.07) is 18.3. The van der Waals surface area contributed by atoms with Crippen molar-refractivity contribution in [2.75, 3.05) is 18.5 Å². The van der Waals surface area contributed by atoms with Crippen LogP contribution >= 0.6 is 11.6 Å². The van der Waals surface area contributed by atoms with Gasteiger partial charge in [-0.25, -0.2) is 9.97 Å². The van der Waals surface area contributed by atoms with Gasteiger partial charge in [0.1, 0.15) is 5.75 Å². The van der Waals surface area contributed by atoms with E-state index < -0.39 is 0 Å². The summed E-state index contributed by atoms with van der Waals surface area (Å²) in [5, 5.41) is 4.21. The Bertz CT molecular complexity index is 1230. The number of aryl methyl sites for hydroxylation is 1. The standard InChI is InChI=1S/C26H27ClN4O2/c1-3-22(19-5-8-21(9-6-19)33-25-11-7-20(27)14-28-25)29-26-30-23-10-4-17(12-18-15-32-16-18)13-24(23)31(26)2/h4-11,13-14,18,22H,3,12,15-16H2,1-2H3,(H,29,30). The van der Waals surface area contributed by atoms with Gasteiger partial charge in [-0.15, -0.1) is 0 Å². The molecule has 1 aliphatic heterocycles. The maximum atomic E-state index is 5.89. The lowest BCUT2D eigenvalue weighted by atomic mass is 9.98. The molecule has 1 unspecified atom stereocenters. The first-order valence-corrected chi connectivity index (χ1v) is 11.7. The maximum Gasteiger partial charge on any atom is 0.219 e. The van der Waals surface area contributed by atoms with Gasteiger partial charge in [-0.2, -0.15) is 0 Å². The average Bonchev–Trinajstić information content (AvgIpc) is 3.11. The first-order chi connectivity index (χ1) is 16.1. The molecule has 1 aliphatic rings. The molecule has 2 aromatic heterocycles. The van der Waals surface area contributed by atoms with Gasteiger partial charge in [-0.1, -0.05) is 36.7 Å². The number of nitrogens with zero attached hydrogens (tertiary/aromatic N) is 3. The van der Waals surface area contributed by atoms with Crippen LogP contribution in [0.5, 0.6) is 11.6 Å². The zero-order valence-corrected chi connectivity index (χ0v) is 19.5. The van der Waals surface area contributed by atoms with Crippen molar-refractivity contribution in [1.82, 2.24) is 14.5 Å². The molecule has 0 saturated carbocycles. The molecular weight excluding hydrogens is 436 g/mol. The summed E-state index contributed by atoms with van der Waals surface area (Å²) in [6.45, 7) is 3.91. The number of hydrogen-bond donors (Lipinski definition) is 1. The Balaban J connectivity index is 1.30. The lowest BCUT2D eigenvalue weighted by Crippen LogP contribution is -2.29. The predicted octanol–water partition coefficient (Wildman–Crippen LogP) is 6.17. The highest BCUT2D eigenvalue weighted by atomic mass is 35.5. The van der Waals surface area contributed by atoms with Crippen LogP contribution in [0.15, 0.2) is 60.8 Å². The molecule has 1 saturated heterocycles. The number of ether oxygens (including phenoxy) is 2. The highest BCUT2D eigenvalue weighted by molar-refractivity contribution is 6.30. The van der Waals surface area contributed by atoms with Crippen LogP contribution < -0.4 is 10.1 Å². The number of aromatic nitrogens is 3. The minimum atomic E-state index is 0.134. The third-order valence-electron chi connectivity index (χ3n) is 6.09. The molecule has 33 heavy (non-hydrogen) atoms. The molecule has 1 fully saturated rings. The lowest BCUT2D eigenvalue weighted by molar-refractivity contribution is -0.0312. The molecule has 0 radical (unpaired) electrons. The quantitative estimate of drug-likeness (QED) is 0.339. The highest BCUT2D eigenvalue weighted by Crippen LogP contribution is 2.28. The van der Waals surface area contributed by atoms with E-state index in [2.05, 4.69) is 59.2 Å². The minimum absolute atomic E-state index is 0.134. The monoisotopic (exact) mass is 462 g/mol. The van der Waals surface area contributed by atoms with Crippen molar-refractivity contribution in [2.24, 2.45) is 13.0 Å². The molecule has 1 N–H and O–H groups in total. The van der Waals surface area contributed by atoms with Crippen LogP contribution in [0.3, 0.4) is 0 Å². The average molecular weight is 463 g/mol. The fourth-order valence-electron chi connectivity index (χ4n) is 4.12. The van der Waals surface area contributed by atoms with Gasteiger partial charge in [-0.3, -0.25) is 0 Å². The molecule has 0 amide bonds. The van der Waals surface area contributed by atoms with E-state index >= 15 is 0 Å². The van der Waals surface area contributed by atoms with Gasteiger partial charge in [0.15, 0.2) is 0 Å². The third kappa shape index (κ3) is 4.82. The second-order valence-corrected chi connectivity index (χ2v) is 8.95. The second-order valence-electron chi connectivity index (χ2n) is 8.52. The maximum absolute atomic E-state index is 5.89. The third-order valence-corrected chi connectivity index (χ3v) is 6.32. The van der Waals surface area contributed by atoms with E-state index in [4.69, 9.17) is 26.1 Å². The van der Waals surface area contributed by atoms with Crippen LogP contribution in [0.1, 0.15) is 30.5 Å². The Morgan fingerprint density at radius 2 is 1.97 bits per heavy atom. The Morgan fingerprint density at radius 3 is 2.64 bits per heavy atom. The van der Waals surface area contributed by atoms with E-state index in [1.807, 2.05) is 12.1 Å². The van der Waals surface area contributed by atoms with Gasteiger partial charge in [0.2, 0.25) is 11.8 Å². The summed E-state index contributed by atoms with van der Waals surface area (Å²) < 4.78 is 13.3. The van der Waals surface area contributed by atoms with E-state index in [0.29, 0.717) is 16.8 Å². The number of halogens is 1. The molecule has 3 heterocycles. The fourth-order valence-corrected chi connectivity index (χ4v) is 4.23. The Kier molecular flexibility index (Phi) is 6.20. The summed E-state index contributed by atoms with van der Waals surface area (Å²) in [6.07, 6.45) is 3.56. The molecule has 1 atom stereocenters. The van der Waals surface area contributed by atoms with E-state index in [9.17, 15) is 0 Å². The van der Waals surface area contributed by atoms with Crippen LogP contribution in [0, 0.1) is 5.92 Å². The zero-order chi connectivity index (χ0) is 22.8. The number of nitrogens with one attached hydrogen (secondary N) is 1. The van der Waals surface area contributed by atoms with Crippen LogP contribution in [-0.2, 0) is 18.2 Å². The van der Waals surface area contributed by atoms with Gasteiger partial charge < -0.3 is 19.4 Å². The first-order valence-electron chi connectivity index (χ1n) is 11.3. The minimum Gasteiger partial charge on any atom is -0.439 e. The molecule has 4 aromatic rings. The number of rotatable bonds is 8. The Hall–Kier alpha value is -3.09. The van der Waals surface area contributed by atoms with Crippen LogP contribution in [0.4, 0.5) is 5.95 Å². The van der Waals surface area contributed by atoms with Gasteiger partial charge in [-0.05, 0) is 54.3 Å². The highest BCUT2D eigenvalue weighted by Gasteiger charge is 2.20. The molecule has 170 valence electrons. The summed E-state index contributed by atoms with van der Waals surface area (Å²) >= 11 is 5.89. The first kappa shape index (κ1) is 21.7. The van der Waals surface area contributed by atoms with Crippen molar-refractivity contribution in [3.63, 3.8) is 0 Å². The van der Waals surface area contributed by atoms with E-state index in [0.717, 1.165) is 48.8 Å². The molecule has 6 nitrogen and oxygen atoms in total. The Labute approximate surface area is 198 Å². The van der Waals surface area contributed by atoms with Crippen LogP contribution in [0.2, 0.25) is 5.02 Å². The second kappa shape index (κ2) is 9.41. The molecule has 0 aliphatic carbocycles. The number of hydrogen-bond acceptors (Lipinski definition) is 5. The zero-order valence-electron chi connectivity index (χ0n) is 18.8. The lowest BCUT2D eigenvalue weighted by Gasteiger charge is -2.25. The predicted molar refractivity (Wildman–Crippen MR) is 131 cm³/mol. The van der Waals surface area contributed by atoms with E-state index in [1.165, 1.54) is 11.1 Å². The number of benzene rings is 2. The van der Waals surface area contributed by atoms with Crippen molar-refractivity contribution < 1.29 is 9.47 Å². The van der Waals surface area contributed by atoms with Crippen molar-refractivity contribution in [3.05, 3.63) is 76.9 Å². The number of anilines is 1. The largest absolute Gasteiger partial charge is 0.439 e. The molecule has 7 heteroatoms. The number of fused-ring (bicyclic) bond motifs is 1. The SMILES string of the molecule is CCC(Nc1nc2ccc(CC3COC3)cc2n1C)c1ccc(Oc2ccc(Cl)cn2)cc1. The Morgan fingerprint density at radius 1 is 1.15 bits per heavy atom. The van der Waals surface area contributed by atoms with Gasteiger partial charge in [0.25, 0.3) is 0 Å². The fraction of sp³-hybridized carbons (Fsp3) is 0.308. The van der Waals surface area contributed by atoms with E-state index in [1.54, 1.807) is 18.3 Å². The molecule has 5 rings (SSSR count). The normalized spacial score (nSPS) is 14.8. The van der Waals surface area contributed by atoms with Crippen LogP contribution in [0.25, 0.3) is 11.0 Å². The molecular formula is C26H27ClN4O2.